The molecule has 1 aromatic heterocycles. The minimum absolute atomic E-state index is 0.0519. The number of benzene rings is 1. The molecule has 0 saturated carbocycles. The number of hydrogen-bond donors (Lipinski definition) is 1. The van der Waals surface area contributed by atoms with E-state index in [1.807, 2.05) is 24.3 Å². The molecule has 0 radical (unpaired) electrons. The predicted octanol–water partition coefficient (Wildman–Crippen LogP) is 3.90. The van der Waals surface area contributed by atoms with Gasteiger partial charge in [0.05, 0.1) is 5.69 Å². The van der Waals surface area contributed by atoms with E-state index in [4.69, 9.17) is 9.15 Å². The van der Waals surface area contributed by atoms with Crippen LogP contribution in [0.3, 0.4) is 0 Å². The van der Waals surface area contributed by atoms with Crippen LogP contribution in [0.2, 0.25) is 0 Å². The van der Waals surface area contributed by atoms with Crippen LogP contribution >= 0.6 is 15.9 Å². The molecule has 20 heavy (non-hydrogen) atoms. The zero-order valence-corrected chi connectivity index (χ0v) is 13.5. The van der Waals surface area contributed by atoms with Crippen molar-refractivity contribution in [1.29, 1.82) is 0 Å². The average molecular weight is 339 g/mol. The van der Waals surface area contributed by atoms with Crippen LogP contribution in [0, 0.1) is 0 Å². The first-order valence-electron chi connectivity index (χ1n) is 6.49. The molecule has 2 aromatic rings. The monoisotopic (exact) mass is 338 g/mol. The molecule has 108 valence electrons. The summed E-state index contributed by atoms with van der Waals surface area (Å²) < 4.78 is 11.9. The van der Waals surface area contributed by atoms with Crippen LogP contribution in [-0.4, -0.2) is 10.5 Å². The van der Waals surface area contributed by atoms with Crippen LogP contribution in [-0.2, 0) is 13.2 Å². The van der Waals surface area contributed by atoms with Crippen LogP contribution in [0.1, 0.15) is 32.0 Å². The molecule has 5 heteroatoms. The van der Waals surface area contributed by atoms with E-state index < -0.39 is 0 Å². The summed E-state index contributed by atoms with van der Waals surface area (Å²) in [5.74, 6) is 0. The Balaban J connectivity index is 1.87. The molecular weight excluding hydrogens is 320 g/mol. The maximum Gasteiger partial charge on any atom is 0.394 e. The molecule has 0 spiro atoms. The third-order valence-electron chi connectivity index (χ3n) is 2.58. The topological polar surface area (TPSA) is 47.3 Å². The average Bonchev–Trinajstić information content (AvgIpc) is 2.81. The van der Waals surface area contributed by atoms with E-state index >= 15 is 0 Å². The Morgan fingerprint density at radius 1 is 1.35 bits per heavy atom. The van der Waals surface area contributed by atoms with Gasteiger partial charge in [-0.3, -0.25) is 0 Å². The van der Waals surface area contributed by atoms with Crippen molar-refractivity contribution in [3.8, 4) is 6.08 Å². The van der Waals surface area contributed by atoms with Crippen LogP contribution in [0.25, 0.3) is 0 Å². The van der Waals surface area contributed by atoms with Crippen molar-refractivity contribution in [2.45, 2.75) is 39.5 Å². The molecule has 0 fully saturated rings. The van der Waals surface area contributed by atoms with Crippen molar-refractivity contribution >= 4 is 15.9 Å². The number of ether oxygens (including phenoxy) is 1. The lowest BCUT2D eigenvalue weighted by Crippen LogP contribution is -2.35. The number of halogens is 1. The Labute approximate surface area is 127 Å². The Morgan fingerprint density at radius 3 is 2.85 bits per heavy atom. The summed E-state index contributed by atoms with van der Waals surface area (Å²) >= 11 is 3.43. The van der Waals surface area contributed by atoms with Crippen molar-refractivity contribution in [3.05, 3.63) is 46.3 Å². The van der Waals surface area contributed by atoms with E-state index in [2.05, 4.69) is 47.0 Å². The molecule has 0 aliphatic heterocycles. The van der Waals surface area contributed by atoms with Crippen LogP contribution < -0.4 is 10.1 Å². The highest BCUT2D eigenvalue weighted by molar-refractivity contribution is 9.10. The summed E-state index contributed by atoms with van der Waals surface area (Å²) in [6.45, 7) is 7.42. The Hall–Kier alpha value is -1.33. The molecule has 0 bridgehead atoms. The first kappa shape index (κ1) is 15.1. The van der Waals surface area contributed by atoms with Crippen molar-refractivity contribution in [3.63, 3.8) is 0 Å². The molecule has 1 heterocycles. The molecule has 4 nitrogen and oxygen atoms in total. The number of hydrogen-bond acceptors (Lipinski definition) is 4. The van der Waals surface area contributed by atoms with E-state index in [0.717, 1.165) is 15.7 Å². The smallest absolute Gasteiger partial charge is 0.394 e. The number of rotatable bonds is 5. The first-order valence-corrected chi connectivity index (χ1v) is 7.28. The molecule has 1 aromatic carbocycles. The summed E-state index contributed by atoms with van der Waals surface area (Å²) in [4.78, 5) is 4.29. The lowest BCUT2D eigenvalue weighted by molar-refractivity contribution is 0.220. The quantitative estimate of drug-likeness (QED) is 0.897. The summed E-state index contributed by atoms with van der Waals surface area (Å²) in [6, 6.07) is 7.95. The van der Waals surface area contributed by atoms with Crippen molar-refractivity contribution in [2.24, 2.45) is 0 Å². The first-order chi connectivity index (χ1) is 9.42. The summed E-state index contributed by atoms with van der Waals surface area (Å²) in [6.07, 6.45) is 1.92. The molecule has 0 saturated heterocycles. The van der Waals surface area contributed by atoms with Gasteiger partial charge in [-0.1, -0.05) is 28.1 Å². The molecule has 0 amide bonds. The second kappa shape index (κ2) is 6.41. The molecular formula is C15H19BrN2O2. The fourth-order valence-corrected chi connectivity index (χ4v) is 2.01. The number of nitrogens with zero attached hydrogens (tertiary/aromatic N) is 1. The molecule has 1 N–H and O–H groups in total. The molecule has 0 aliphatic carbocycles. The minimum atomic E-state index is 0.0519. The number of nitrogens with one attached hydrogen (secondary N) is 1. The summed E-state index contributed by atoms with van der Waals surface area (Å²) in [5.41, 5.74) is 1.95. The molecule has 0 atom stereocenters. The molecule has 0 unspecified atom stereocenters. The minimum Gasteiger partial charge on any atom is -0.445 e. The normalized spacial score (nSPS) is 11.6. The van der Waals surface area contributed by atoms with Crippen molar-refractivity contribution < 1.29 is 9.15 Å². The van der Waals surface area contributed by atoms with Gasteiger partial charge in [0.1, 0.15) is 12.9 Å². The Bertz CT molecular complexity index is 561. The highest BCUT2D eigenvalue weighted by Crippen LogP contribution is 2.16. The van der Waals surface area contributed by atoms with Crippen LogP contribution in [0.4, 0.5) is 0 Å². The summed E-state index contributed by atoms with van der Waals surface area (Å²) in [7, 11) is 0. The third kappa shape index (κ3) is 4.98. The fraction of sp³-hybridized carbons (Fsp3) is 0.400. The molecule has 2 rings (SSSR count). The van der Waals surface area contributed by atoms with Gasteiger partial charge in [-0.05, 0) is 38.5 Å². The van der Waals surface area contributed by atoms with Crippen molar-refractivity contribution in [1.82, 2.24) is 10.3 Å². The van der Waals surface area contributed by atoms with Gasteiger partial charge in [-0.15, -0.1) is 0 Å². The lowest BCUT2D eigenvalue weighted by Gasteiger charge is -2.19. The Kier molecular flexibility index (Phi) is 4.83. The lowest BCUT2D eigenvalue weighted by atomic mass is 10.1. The zero-order chi connectivity index (χ0) is 14.6. The van der Waals surface area contributed by atoms with Gasteiger partial charge in [0.15, 0.2) is 0 Å². The van der Waals surface area contributed by atoms with Gasteiger partial charge < -0.3 is 14.5 Å². The van der Waals surface area contributed by atoms with Crippen LogP contribution in [0.15, 0.2) is 39.4 Å². The third-order valence-corrected chi connectivity index (χ3v) is 3.08. The number of aromatic nitrogens is 1. The van der Waals surface area contributed by atoms with Gasteiger partial charge in [0.25, 0.3) is 0 Å². The van der Waals surface area contributed by atoms with E-state index in [9.17, 15) is 0 Å². The molecule has 0 aliphatic rings. The van der Waals surface area contributed by atoms with Crippen molar-refractivity contribution in [2.75, 3.05) is 0 Å². The van der Waals surface area contributed by atoms with Crippen LogP contribution in [0.5, 0.6) is 6.08 Å². The van der Waals surface area contributed by atoms with Gasteiger partial charge in [-0.25, -0.2) is 0 Å². The number of oxazole rings is 1. The predicted molar refractivity (Wildman–Crippen MR) is 81.6 cm³/mol. The zero-order valence-electron chi connectivity index (χ0n) is 11.9. The largest absolute Gasteiger partial charge is 0.445 e. The van der Waals surface area contributed by atoms with Gasteiger partial charge in [0, 0.05) is 16.6 Å². The van der Waals surface area contributed by atoms with Gasteiger partial charge >= 0.3 is 6.08 Å². The summed E-state index contributed by atoms with van der Waals surface area (Å²) in [5, 5.41) is 3.35. The van der Waals surface area contributed by atoms with Gasteiger partial charge in [-0.2, -0.15) is 4.98 Å². The van der Waals surface area contributed by atoms with E-state index in [0.29, 0.717) is 19.2 Å². The Morgan fingerprint density at radius 2 is 2.15 bits per heavy atom. The highest BCUT2D eigenvalue weighted by Gasteiger charge is 2.11. The van der Waals surface area contributed by atoms with E-state index in [-0.39, 0.29) is 5.54 Å². The maximum absolute atomic E-state index is 5.53. The maximum atomic E-state index is 5.53. The van der Waals surface area contributed by atoms with E-state index in [1.165, 1.54) is 0 Å². The second-order valence-electron chi connectivity index (χ2n) is 5.63. The SMILES string of the molecule is CC(C)(C)NCc1coc(OCc2cccc(Br)c2)n1. The van der Waals surface area contributed by atoms with Gasteiger partial charge in [0.2, 0.25) is 0 Å². The fourth-order valence-electron chi connectivity index (χ4n) is 1.56. The second-order valence-corrected chi connectivity index (χ2v) is 6.54. The highest BCUT2D eigenvalue weighted by atomic mass is 79.9. The van der Waals surface area contributed by atoms with E-state index in [1.54, 1.807) is 6.26 Å². The standard InChI is InChI=1S/C15H19BrN2O2/c1-15(2,3)17-8-13-10-20-14(18-13)19-9-11-5-4-6-12(16)7-11/h4-7,10,17H,8-9H2,1-3H3.